The fourth-order valence-corrected chi connectivity index (χ4v) is 3.51. The third-order valence-electron chi connectivity index (χ3n) is 4.81. The maximum absolute atomic E-state index is 12.9. The van der Waals surface area contributed by atoms with Gasteiger partial charge in [0.2, 0.25) is 0 Å². The third-order valence-corrected chi connectivity index (χ3v) is 5.50. The van der Waals surface area contributed by atoms with E-state index in [4.69, 9.17) is 9.47 Å². The van der Waals surface area contributed by atoms with Crippen LogP contribution >= 0.6 is 15.9 Å². The number of carbonyl (C=O) groups is 2. The number of nitrogens with zero attached hydrogens (tertiary/aromatic N) is 1. The second-order valence-electron chi connectivity index (χ2n) is 7.43. The van der Waals surface area contributed by atoms with Crippen LogP contribution in [-0.2, 0) is 15.8 Å². The van der Waals surface area contributed by atoms with Crippen molar-refractivity contribution in [2.45, 2.75) is 6.18 Å². The molecule has 0 aliphatic heterocycles. The van der Waals surface area contributed by atoms with Crippen LogP contribution in [0.5, 0.6) is 11.5 Å². The van der Waals surface area contributed by atoms with Gasteiger partial charge in [-0.3, -0.25) is 9.59 Å². The molecule has 3 aromatic rings. The van der Waals surface area contributed by atoms with Gasteiger partial charge in [-0.15, -0.1) is 0 Å². The maximum atomic E-state index is 12.9. The molecule has 11 heteroatoms. The average molecular weight is 574 g/mol. The predicted molar refractivity (Wildman–Crippen MR) is 135 cm³/mol. The third kappa shape index (κ3) is 7.59. The fraction of sp³-hybridized carbons (Fsp3) is 0.115. The molecule has 2 N–H and O–H groups in total. The number of methoxy groups -OCH3 is 1. The smallest absolute Gasteiger partial charge is 0.416 e. The largest absolute Gasteiger partial charge is 0.493 e. The van der Waals surface area contributed by atoms with Crippen LogP contribution in [-0.4, -0.2) is 25.5 Å². The highest BCUT2D eigenvalue weighted by Gasteiger charge is 2.30. The van der Waals surface area contributed by atoms with Gasteiger partial charge in [0, 0.05) is 15.8 Å². The number of rotatable bonds is 8. The first-order valence-electron chi connectivity index (χ1n) is 10.6. The molecule has 190 valence electrons. The minimum absolute atomic E-state index is 0.116. The van der Waals surface area contributed by atoms with Crippen molar-refractivity contribution in [3.63, 3.8) is 0 Å². The number of alkyl halides is 3. The standard InChI is InChI=1S/C26H19BrF3N3O4/c1-36-22-11-16(21(27)13-23(22)37-15-24(34)32-19-7-3-2-4-8-19)10-17(14-31)25(35)33-20-9-5-6-18(12-20)26(28,29)30/h2-13H,15H2,1H3,(H,32,34)(H,33,35)/b17-10-. The lowest BCUT2D eigenvalue weighted by Gasteiger charge is -2.13. The molecule has 0 unspecified atom stereocenters. The molecule has 3 aromatic carbocycles. The zero-order chi connectivity index (χ0) is 27.0. The van der Waals surface area contributed by atoms with Crippen LogP contribution in [0.2, 0.25) is 0 Å². The van der Waals surface area contributed by atoms with Crippen LogP contribution in [0.4, 0.5) is 24.5 Å². The van der Waals surface area contributed by atoms with Gasteiger partial charge < -0.3 is 20.1 Å². The number of para-hydroxylation sites is 1. The van der Waals surface area contributed by atoms with Crippen molar-refractivity contribution < 1.29 is 32.2 Å². The highest BCUT2D eigenvalue weighted by atomic mass is 79.9. The molecule has 0 bridgehead atoms. The van der Waals surface area contributed by atoms with Gasteiger partial charge in [-0.25, -0.2) is 0 Å². The summed E-state index contributed by atoms with van der Waals surface area (Å²) in [6.45, 7) is -0.310. The number of hydrogen-bond acceptors (Lipinski definition) is 5. The summed E-state index contributed by atoms with van der Waals surface area (Å²) in [5.74, 6) is -0.851. The normalized spacial score (nSPS) is 11.3. The summed E-state index contributed by atoms with van der Waals surface area (Å²) in [5.41, 5.74) is -0.453. The molecule has 0 saturated heterocycles. The summed E-state index contributed by atoms with van der Waals surface area (Å²) < 4.78 is 50.1. The van der Waals surface area contributed by atoms with E-state index in [2.05, 4.69) is 26.6 Å². The van der Waals surface area contributed by atoms with Gasteiger partial charge in [-0.1, -0.05) is 40.2 Å². The van der Waals surface area contributed by atoms with Crippen LogP contribution in [0.25, 0.3) is 6.08 Å². The Bertz CT molecular complexity index is 1370. The molecule has 0 aromatic heterocycles. The van der Waals surface area contributed by atoms with Crippen LogP contribution < -0.4 is 20.1 Å². The summed E-state index contributed by atoms with van der Waals surface area (Å²) in [4.78, 5) is 24.8. The zero-order valence-corrected chi connectivity index (χ0v) is 20.8. The molecule has 0 fully saturated rings. The molecule has 0 atom stereocenters. The molecule has 0 radical (unpaired) electrons. The van der Waals surface area contributed by atoms with Crippen molar-refractivity contribution in [2.24, 2.45) is 0 Å². The van der Waals surface area contributed by atoms with Gasteiger partial charge in [-0.05, 0) is 54.1 Å². The first-order valence-corrected chi connectivity index (χ1v) is 11.4. The van der Waals surface area contributed by atoms with Gasteiger partial charge in [-0.2, -0.15) is 18.4 Å². The van der Waals surface area contributed by atoms with E-state index in [9.17, 15) is 28.0 Å². The fourth-order valence-electron chi connectivity index (χ4n) is 3.07. The Labute approximate surface area is 218 Å². The van der Waals surface area contributed by atoms with E-state index in [0.29, 0.717) is 15.7 Å². The Morgan fingerprint density at radius 3 is 2.35 bits per heavy atom. The molecular weight excluding hydrogens is 555 g/mol. The maximum Gasteiger partial charge on any atom is 0.416 e. The van der Waals surface area contributed by atoms with E-state index in [0.717, 1.165) is 18.2 Å². The summed E-state index contributed by atoms with van der Waals surface area (Å²) in [6, 6.07) is 17.6. The lowest BCUT2D eigenvalue weighted by molar-refractivity contribution is -0.137. The van der Waals surface area contributed by atoms with Crippen molar-refractivity contribution in [3.05, 3.63) is 87.9 Å². The lowest BCUT2D eigenvalue weighted by Crippen LogP contribution is -2.20. The number of amides is 2. The van der Waals surface area contributed by atoms with Crippen molar-refractivity contribution in [3.8, 4) is 17.6 Å². The highest BCUT2D eigenvalue weighted by Crippen LogP contribution is 2.35. The zero-order valence-electron chi connectivity index (χ0n) is 19.2. The molecule has 0 spiro atoms. The van der Waals surface area contributed by atoms with E-state index in [1.54, 1.807) is 30.3 Å². The molecule has 3 rings (SSSR count). The van der Waals surface area contributed by atoms with Crippen LogP contribution in [0, 0.1) is 11.3 Å². The lowest BCUT2D eigenvalue weighted by atomic mass is 10.1. The monoisotopic (exact) mass is 573 g/mol. The molecule has 37 heavy (non-hydrogen) atoms. The molecule has 0 aliphatic rings. The van der Waals surface area contributed by atoms with Crippen molar-refractivity contribution >= 4 is 45.2 Å². The van der Waals surface area contributed by atoms with Gasteiger partial charge >= 0.3 is 6.18 Å². The number of carbonyl (C=O) groups excluding carboxylic acids is 2. The molecule has 7 nitrogen and oxygen atoms in total. The van der Waals surface area contributed by atoms with E-state index < -0.39 is 23.6 Å². The molecule has 0 aliphatic carbocycles. The van der Waals surface area contributed by atoms with Crippen molar-refractivity contribution in [2.75, 3.05) is 24.4 Å². The number of hydrogen-bond donors (Lipinski definition) is 2. The van der Waals surface area contributed by atoms with Crippen molar-refractivity contribution in [1.82, 2.24) is 0 Å². The summed E-state index contributed by atoms with van der Waals surface area (Å²) in [5, 5.41) is 14.5. The Morgan fingerprint density at radius 1 is 1.00 bits per heavy atom. The molecule has 0 saturated carbocycles. The van der Waals surface area contributed by atoms with Crippen LogP contribution in [0.15, 0.2) is 76.8 Å². The Morgan fingerprint density at radius 2 is 1.70 bits per heavy atom. The van der Waals surface area contributed by atoms with Crippen molar-refractivity contribution in [1.29, 1.82) is 5.26 Å². The van der Waals surface area contributed by atoms with Crippen LogP contribution in [0.1, 0.15) is 11.1 Å². The summed E-state index contributed by atoms with van der Waals surface area (Å²) in [7, 11) is 1.37. The summed E-state index contributed by atoms with van der Waals surface area (Å²) in [6.07, 6.45) is -3.34. The second kappa shape index (κ2) is 12.1. The quantitative estimate of drug-likeness (QED) is 0.253. The van der Waals surface area contributed by atoms with E-state index in [1.807, 2.05) is 6.07 Å². The highest BCUT2D eigenvalue weighted by molar-refractivity contribution is 9.10. The molecule has 2 amide bonds. The second-order valence-corrected chi connectivity index (χ2v) is 8.28. The predicted octanol–water partition coefficient (Wildman–Crippen LogP) is 6.04. The number of anilines is 2. The van der Waals surface area contributed by atoms with E-state index in [-0.39, 0.29) is 29.4 Å². The molecular formula is C26H19BrF3N3O4. The molecule has 0 heterocycles. The average Bonchev–Trinajstić information content (AvgIpc) is 2.87. The summed E-state index contributed by atoms with van der Waals surface area (Å²) >= 11 is 3.33. The number of ether oxygens (including phenoxy) is 2. The first kappa shape index (κ1) is 27.3. The van der Waals surface area contributed by atoms with E-state index in [1.165, 1.54) is 31.4 Å². The van der Waals surface area contributed by atoms with Gasteiger partial charge in [0.15, 0.2) is 18.1 Å². The Hall–Kier alpha value is -4.30. The number of nitriles is 1. The van der Waals surface area contributed by atoms with Gasteiger partial charge in [0.25, 0.3) is 11.8 Å². The first-order chi connectivity index (χ1) is 17.6. The minimum Gasteiger partial charge on any atom is -0.493 e. The number of benzene rings is 3. The SMILES string of the molecule is COc1cc(/C=C(/C#N)C(=O)Nc2cccc(C(F)(F)F)c2)c(Br)cc1OCC(=O)Nc1ccccc1. The van der Waals surface area contributed by atoms with Gasteiger partial charge in [0.05, 0.1) is 12.7 Å². The minimum atomic E-state index is -4.58. The van der Waals surface area contributed by atoms with Gasteiger partial charge in [0.1, 0.15) is 11.6 Å². The topological polar surface area (TPSA) is 100 Å². The Balaban J connectivity index is 1.75. The van der Waals surface area contributed by atoms with Crippen LogP contribution in [0.3, 0.4) is 0 Å². The number of nitrogens with one attached hydrogen (secondary N) is 2. The Kier molecular flexibility index (Phi) is 8.92. The van der Waals surface area contributed by atoms with E-state index >= 15 is 0 Å². The number of halogens is 4.